The van der Waals surface area contributed by atoms with Crippen molar-refractivity contribution in [1.29, 1.82) is 0 Å². The summed E-state index contributed by atoms with van der Waals surface area (Å²) in [6.45, 7) is 0. The van der Waals surface area contributed by atoms with Gasteiger partial charge in [-0.25, -0.2) is 0 Å². The molecule has 0 atom stereocenters. The molecule has 3 heterocycles. The van der Waals surface area contributed by atoms with Crippen molar-refractivity contribution in [3.05, 3.63) is 0 Å². The second-order valence-corrected chi connectivity index (χ2v) is 28.5. The standard InChI is InChI=1S/C12H36O22Si8.H2O/c1-13-35(14-2)25-36(15-3,16-4)28-40(22-10)31-39(21-9,27-35)33-41(23-11)29-37(17-5,18-6)26-38(19-7,20-8)30-42(24-12,32-41)34-40;/h1-12H3;1H2. The first kappa shape index (κ1) is 40.0. The Hall–Kier alpha value is 0.815. The van der Waals surface area contributed by atoms with Crippen molar-refractivity contribution < 1.29 is 99.7 Å². The summed E-state index contributed by atoms with van der Waals surface area (Å²) in [4.78, 5) is 0. The predicted octanol–water partition coefficient (Wildman–Crippen LogP) is -3.39. The molecule has 256 valence electrons. The third-order valence-electron chi connectivity index (χ3n) is 5.50. The molecule has 3 aliphatic heterocycles. The molecule has 0 amide bonds. The van der Waals surface area contributed by atoms with Gasteiger partial charge >= 0.3 is 72.4 Å². The van der Waals surface area contributed by atoms with E-state index in [2.05, 4.69) is 0 Å². The first-order chi connectivity index (χ1) is 19.8. The fourth-order valence-corrected chi connectivity index (χ4v) is 34.3. The molecule has 31 heteroatoms. The second-order valence-electron chi connectivity index (χ2n) is 7.47. The summed E-state index contributed by atoms with van der Waals surface area (Å²) in [7, 11) is -22.5. The fourth-order valence-electron chi connectivity index (χ4n) is 3.36. The van der Waals surface area contributed by atoms with Crippen molar-refractivity contribution >= 4 is 72.4 Å². The zero-order valence-corrected chi connectivity index (χ0v) is 33.5. The third-order valence-corrected chi connectivity index (χ3v) is 31.5. The van der Waals surface area contributed by atoms with Gasteiger partial charge < -0.3 is 99.7 Å². The molecule has 23 nitrogen and oxygen atoms in total. The van der Waals surface area contributed by atoms with Gasteiger partial charge in [-0.15, -0.1) is 0 Å². The molecule has 3 saturated heterocycles. The van der Waals surface area contributed by atoms with Gasteiger partial charge in [0.15, 0.2) is 0 Å². The number of rotatable bonds is 12. The van der Waals surface area contributed by atoms with Crippen molar-refractivity contribution in [2.75, 3.05) is 85.3 Å². The lowest BCUT2D eigenvalue weighted by molar-refractivity contribution is -0.123. The molecular weight excluding hydrogens is 737 g/mol. The van der Waals surface area contributed by atoms with Gasteiger partial charge in [-0.1, -0.05) is 0 Å². The molecule has 4 bridgehead atoms. The summed E-state index contributed by atoms with van der Waals surface area (Å²) >= 11 is 0. The Labute approximate surface area is 257 Å². The SMILES string of the molecule is CO[Si]1(OC)O[Si](OC)(OC)O[Si]2(OC)O[Si](OC)(O1)O[Si]1(OC)O[Si](OC)(OC)O[Si](OC)(OC)O[Si](OC)(O1)O2.O. The van der Waals surface area contributed by atoms with E-state index in [1.165, 1.54) is 85.3 Å². The molecule has 0 aliphatic carbocycles. The van der Waals surface area contributed by atoms with Crippen molar-refractivity contribution in [2.45, 2.75) is 0 Å². The van der Waals surface area contributed by atoms with E-state index in [0.29, 0.717) is 0 Å². The Balaban J connectivity index is 0.00000645. The Morgan fingerprint density at radius 1 is 0.233 bits per heavy atom. The molecule has 0 aromatic heterocycles. The maximum absolute atomic E-state index is 6.29. The Kier molecular flexibility index (Phi) is 13.9. The van der Waals surface area contributed by atoms with Crippen LogP contribution in [0, 0.1) is 0 Å². The molecule has 2 N–H and O–H groups in total. The Morgan fingerprint density at radius 2 is 0.395 bits per heavy atom. The molecule has 0 saturated carbocycles. The number of hydrogen-bond donors (Lipinski definition) is 0. The minimum absolute atomic E-state index is 0. The van der Waals surface area contributed by atoms with Crippen LogP contribution >= 0.6 is 0 Å². The summed E-state index contributed by atoms with van der Waals surface area (Å²) in [5, 5.41) is 0. The Morgan fingerprint density at radius 3 is 0.512 bits per heavy atom. The lowest BCUT2D eigenvalue weighted by Gasteiger charge is -2.51. The molecule has 3 fully saturated rings. The van der Waals surface area contributed by atoms with Gasteiger partial charge in [-0.2, -0.15) is 0 Å². The lowest BCUT2D eigenvalue weighted by Crippen LogP contribution is -2.84. The molecule has 0 unspecified atom stereocenters. The van der Waals surface area contributed by atoms with Crippen molar-refractivity contribution in [3.63, 3.8) is 0 Å². The molecule has 3 aliphatic rings. The van der Waals surface area contributed by atoms with Crippen LogP contribution in [0.5, 0.6) is 0 Å². The normalized spacial score (nSPS) is 36.6. The van der Waals surface area contributed by atoms with E-state index < -0.39 is 72.4 Å². The summed E-state index contributed by atoms with van der Waals surface area (Å²) in [6.07, 6.45) is 0. The molecule has 0 spiro atoms. The zero-order chi connectivity index (χ0) is 31.6. The number of fused-ring (bicyclic) bond motifs is 4. The summed E-state index contributed by atoms with van der Waals surface area (Å²) in [6, 6.07) is 0. The van der Waals surface area contributed by atoms with Crippen molar-refractivity contribution in [2.24, 2.45) is 0 Å². The van der Waals surface area contributed by atoms with E-state index in [1.54, 1.807) is 0 Å². The van der Waals surface area contributed by atoms with E-state index in [4.69, 9.17) is 94.3 Å². The quantitative estimate of drug-likeness (QED) is 0.176. The van der Waals surface area contributed by atoms with Gasteiger partial charge in [-0.05, 0) is 0 Å². The Bertz CT molecular complexity index is 762. The van der Waals surface area contributed by atoms with Gasteiger partial charge in [0.2, 0.25) is 0 Å². The van der Waals surface area contributed by atoms with Crippen LogP contribution in [0.2, 0.25) is 0 Å². The summed E-state index contributed by atoms with van der Waals surface area (Å²) in [5.41, 5.74) is 0. The highest BCUT2D eigenvalue weighted by Gasteiger charge is 2.84. The fraction of sp³-hybridized carbons (Fsp3) is 1.00. The smallest absolute Gasteiger partial charge is 0.412 e. The van der Waals surface area contributed by atoms with E-state index >= 15 is 0 Å². The van der Waals surface area contributed by atoms with Crippen LogP contribution < -0.4 is 0 Å². The van der Waals surface area contributed by atoms with E-state index in [9.17, 15) is 0 Å². The van der Waals surface area contributed by atoms with Crippen LogP contribution in [-0.4, -0.2) is 163 Å². The van der Waals surface area contributed by atoms with E-state index in [-0.39, 0.29) is 5.48 Å². The van der Waals surface area contributed by atoms with Crippen molar-refractivity contribution in [1.82, 2.24) is 0 Å². The average Bonchev–Trinajstić information content (AvgIpc) is 3.00. The van der Waals surface area contributed by atoms with Gasteiger partial charge in [0.1, 0.15) is 0 Å². The van der Waals surface area contributed by atoms with E-state index in [0.717, 1.165) is 0 Å². The molecule has 3 rings (SSSR count). The van der Waals surface area contributed by atoms with Crippen LogP contribution in [-0.2, 0) is 94.3 Å². The van der Waals surface area contributed by atoms with Crippen LogP contribution in [0.4, 0.5) is 0 Å². The van der Waals surface area contributed by atoms with Crippen LogP contribution in [0.3, 0.4) is 0 Å². The third kappa shape index (κ3) is 7.61. The minimum Gasteiger partial charge on any atom is -0.412 e. The lowest BCUT2D eigenvalue weighted by atomic mass is 11.8. The molecule has 43 heavy (non-hydrogen) atoms. The van der Waals surface area contributed by atoms with Gasteiger partial charge in [-0.3, -0.25) is 0 Å². The van der Waals surface area contributed by atoms with Crippen LogP contribution in [0.1, 0.15) is 0 Å². The van der Waals surface area contributed by atoms with Gasteiger partial charge in [0.25, 0.3) is 0 Å². The highest BCUT2D eigenvalue weighted by atomic mass is 28.6. The highest BCUT2D eigenvalue weighted by Crippen LogP contribution is 2.43. The predicted molar refractivity (Wildman–Crippen MR) is 145 cm³/mol. The molecular formula is C12H38O23Si8. The van der Waals surface area contributed by atoms with Crippen LogP contribution in [0.15, 0.2) is 0 Å². The average molecular weight is 775 g/mol. The monoisotopic (exact) mass is 774 g/mol. The maximum atomic E-state index is 6.29. The van der Waals surface area contributed by atoms with Gasteiger partial charge in [0, 0.05) is 85.3 Å². The molecule has 0 aromatic carbocycles. The minimum atomic E-state index is -4.84. The highest BCUT2D eigenvalue weighted by molar-refractivity contribution is 6.92. The second kappa shape index (κ2) is 14.9. The van der Waals surface area contributed by atoms with Crippen molar-refractivity contribution in [3.8, 4) is 0 Å². The van der Waals surface area contributed by atoms with E-state index in [1.807, 2.05) is 0 Å². The largest absolute Gasteiger partial charge is 0.667 e. The first-order valence-electron chi connectivity index (χ1n) is 11.4. The van der Waals surface area contributed by atoms with Crippen LogP contribution in [0.25, 0.3) is 0 Å². The maximum Gasteiger partial charge on any atom is 0.667 e. The zero-order valence-electron chi connectivity index (χ0n) is 25.5. The number of hydrogen-bond acceptors (Lipinski definition) is 22. The van der Waals surface area contributed by atoms with Gasteiger partial charge in [0.05, 0.1) is 0 Å². The topological polar surface area (TPSA) is 235 Å². The first-order valence-corrected chi connectivity index (χ1v) is 24.5. The molecule has 0 aromatic rings. The molecule has 0 radical (unpaired) electrons. The summed E-state index contributed by atoms with van der Waals surface area (Å²) in [5.74, 6) is 0. The summed E-state index contributed by atoms with van der Waals surface area (Å²) < 4.78 is 129.